The van der Waals surface area contributed by atoms with Gasteiger partial charge in [-0.3, -0.25) is 9.39 Å². The van der Waals surface area contributed by atoms with Gasteiger partial charge in [0.05, 0.1) is 12.8 Å². The van der Waals surface area contributed by atoms with E-state index in [1.165, 1.54) is 0 Å². The van der Waals surface area contributed by atoms with Crippen LogP contribution in [-0.2, 0) is 6.42 Å². The fourth-order valence-corrected chi connectivity index (χ4v) is 3.95. The van der Waals surface area contributed by atoms with Gasteiger partial charge in [-0.05, 0) is 37.1 Å². The number of nitrogens with zero attached hydrogens (tertiary/aromatic N) is 5. The van der Waals surface area contributed by atoms with Gasteiger partial charge in [-0.2, -0.15) is 0 Å². The second kappa shape index (κ2) is 11.2. The highest BCUT2D eigenvalue weighted by Gasteiger charge is 2.22. The van der Waals surface area contributed by atoms with Gasteiger partial charge < -0.3 is 20.3 Å². The molecular weight excluding hydrogens is 505 g/mol. The highest BCUT2D eigenvalue weighted by molar-refractivity contribution is 14.0. The number of hydrogen-bond acceptors (Lipinski definition) is 5. The van der Waals surface area contributed by atoms with E-state index in [9.17, 15) is 0 Å². The molecule has 0 bridgehead atoms. The lowest BCUT2D eigenvalue weighted by Crippen LogP contribution is -2.51. The lowest BCUT2D eigenvalue weighted by Gasteiger charge is -2.36. The number of aliphatic imine (C=N–C) groups is 1. The van der Waals surface area contributed by atoms with Crippen LogP contribution < -0.4 is 20.3 Å². The summed E-state index contributed by atoms with van der Waals surface area (Å²) in [4.78, 5) is 6.79. The van der Waals surface area contributed by atoms with Gasteiger partial charge in [-0.1, -0.05) is 18.2 Å². The molecule has 1 atom stereocenters. The number of hydrogen-bond donors (Lipinski definition) is 2. The van der Waals surface area contributed by atoms with E-state index in [-0.39, 0.29) is 24.0 Å². The van der Waals surface area contributed by atoms with Gasteiger partial charge in [0.2, 0.25) is 0 Å². The smallest absolute Gasteiger partial charge is 0.191 e. The summed E-state index contributed by atoms with van der Waals surface area (Å²) in [5.74, 6) is 2.67. The fourth-order valence-electron chi connectivity index (χ4n) is 3.95. The van der Waals surface area contributed by atoms with Gasteiger partial charge in [0.25, 0.3) is 0 Å². The summed E-state index contributed by atoms with van der Waals surface area (Å²) < 4.78 is 7.56. The quantitative estimate of drug-likeness (QED) is 0.287. The molecule has 1 aromatic carbocycles. The highest BCUT2D eigenvalue weighted by Crippen LogP contribution is 2.29. The average Bonchev–Trinajstić information content (AvgIpc) is 3.21. The van der Waals surface area contributed by atoms with Crippen molar-refractivity contribution >= 4 is 41.3 Å². The molecule has 0 saturated carbocycles. The number of rotatable bonds is 6. The maximum atomic E-state index is 5.54. The fraction of sp³-hybridized carbons (Fsp3) is 0.409. The Kier molecular flexibility index (Phi) is 8.33. The van der Waals surface area contributed by atoms with Crippen LogP contribution in [0.25, 0.3) is 5.65 Å². The van der Waals surface area contributed by atoms with Crippen LogP contribution in [0.3, 0.4) is 0 Å². The lowest BCUT2D eigenvalue weighted by atomic mass is 10.0. The first-order chi connectivity index (χ1) is 14.8. The van der Waals surface area contributed by atoms with Crippen molar-refractivity contribution in [3.8, 4) is 5.75 Å². The Labute approximate surface area is 200 Å². The Hall–Kier alpha value is -2.56. The van der Waals surface area contributed by atoms with Crippen LogP contribution in [-0.4, -0.2) is 60.4 Å². The van der Waals surface area contributed by atoms with Crippen molar-refractivity contribution in [3.05, 3.63) is 54.5 Å². The summed E-state index contributed by atoms with van der Waals surface area (Å²) in [5, 5.41) is 15.5. The number of nitrogens with one attached hydrogen (secondary N) is 2. The van der Waals surface area contributed by atoms with Gasteiger partial charge in [-0.15, -0.1) is 34.2 Å². The Morgan fingerprint density at radius 3 is 2.87 bits per heavy atom. The first-order valence-electron chi connectivity index (χ1n) is 10.4. The summed E-state index contributed by atoms with van der Waals surface area (Å²) in [6.45, 7) is 2.68. The number of piperidine rings is 1. The minimum atomic E-state index is 0. The Bertz CT molecular complexity index is 1010. The molecule has 9 heteroatoms. The topological polar surface area (TPSA) is 79.1 Å². The number of methoxy groups -OCH3 is 1. The van der Waals surface area contributed by atoms with Gasteiger partial charge in [-0.25, -0.2) is 0 Å². The van der Waals surface area contributed by atoms with Crippen LogP contribution in [0.4, 0.5) is 5.69 Å². The van der Waals surface area contributed by atoms with Gasteiger partial charge >= 0.3 is 0 Å². The van der Waals surface area contributed by atoms with E-state index in [1.54, 1.807) is 7.11 Å². The largest absolute Gasteiger partial charge is 0.495 e. The van der Waals surface area contributed by atoms with E-state index < -0.39 is 0 Å². The number of pyridine rings is 1. The second-order valence-corrected chi connectivity index (χ2v) is 7.40. The molecule has 2 N–H and O–H groups in total. The van der Waals surface area contributed by atoms with Crippen LogP contribution in [0.2, 0.25) is 0 Å². The predicted molar refractivity (Wildman–Crippen MR) is 135 cm³/mol. The number of halogens is 1. The van der Waals surface area contributed by atoms with E-state index in [0.29, 0.717) is 6.04 Å². The molecule has 4 rings (SSSR count). The zero-order valence-electron chi connectivity index (χ0n) is 18.0. The summed E-state index contributed by atoms with van der Waals surface area (Å²) in [5.41, 5.74) is 2.02. The summed E-state index contributed by atoms with van der Waals surface area (Å²) in [7, 11) is 3.53. The molecule has 1 fully saturated rings. The van der Waals surface area contributed by atoms with E-state index >= 15 is 0 Å². The molecule has 1 saturated heterocycles. The molecule has 1 aliphatic heterocycles. The number of ether oxygens (including phenoxy) is 1. The molecule has 0 aliphatic carbocycles. The van der Waals surface area contributed by atoms with E-state index in [1.807, 2.05) is 48.0 Å². The Morgan fingerprint density at radius 1 is 1.19 bits per heavy atom. The molecule has 0 radical (unpaired) electrons. The molecule has 1 aliphatic rings. The first kappa shape index (κ1) is 23.1. The molecule has 8 nitrogen and oxygen atoms in total. The van der Waals surface area contributed by atoms with Crippen molar-refractivity contribution in [1.29, 1.82) is 0 Å². The maximum absolute atomic E-state index is 5.54. The third-order valence-corrected chi connectivity index (χ3v) is 5.44. The number of guanidine groups is 1. The first-order valence-corrected chi connectivity index (χ1v) is 10.4. The average molecular weight is 535 g/mol. The normalized spacial score (nSPS) is 16.6. The van der Waals surface area contributed by atoms with Crippen LogP contribution >= 0.6 is 24.0 Å². The highest BCUT2D eigenvalue weighted by atomic mass is 127. The number of para-hydroxylation sites is 2. The Balaban J connectivity index is 0.00000272. The molecule has 0 spiro atoms. The third kappa shape index (κ3) is 5.57. The molecule has 166 valence electrons. The van der Waals surface area contributed by atoms with Crippen molar-refractivity contribution in [1.82, 2.24) is 25.2 Å². The van der Waals surface area contributed by atoms with E-state index in [0.717, 1.165) is 67.8 Å². The van der Waals surface area contributed by atoms with Crippen molar-refractivity contribution in [2.45, 2.75) is 25.3 Å². The molecule has 31 heavy (non-hydrogen) atoms. The second-order valence-electron chi connectivity index (χ2n) is 7.40. The van der Waals surface area contributed by atoms with Gasteiger partial charge in [0.1, 0.15) is 11.6 Å². The van der Waals surface area contributed by atoms with Crippen LogP contribution in [0.15, 0.2) is 53.7 Å². The number of benzene rings is 1. The summed E-state index contributed by atoms with van der Waals surface area (Å²) in [6, 6.07) is 14.4. The molecule has 2 aromatic heterocycles. The van der Waals surface area contributed by atoms with Gasteiger partial charge in [0, 0.05) is 45.3 Å². The van der Waals surface area contributed by atoms with Crippen LogP contribution in [0, 0.1) is 0 Å². The van der Waals surface area contributed by atoms with Crippen LogP contribution in [0.5, 0.6) is 5.75 Å². The molecule has 0 amide bonds. The lowest BCUT2D eigenvalue weighted by molar-refractivity contribution is 0.408. The molecule has 1 unspecified atom stereocenters. The molecular formula is C22H30IN7O. The van der Waals surface area contributed by atoms with Crippen LogP contribution in [0.1, 0.15) is 18.7 Å². The number of fused-ring (bicyclic) bond motifs is 1. The van der Waals surface area contributed by atoms with Crippen molar-refractivity contribution in [3.63, 3.8) is 0 Å². The SMILES string of the molecule is CN=C(NCCc1nnc2ccccn12)NC1CCCN(c2ccccc2OC)C1.I. The zero-order chi connectivity index (χ0) is 20.8. The third-order valence-electron chi connectivity index (χ3n) is 5.44. The predicted octanol–water partition coefficient (Wildman–Crippen LogP) is 2.73. The van der Waals surface area contributed by atoms with Gasteiger partial charge in [0.15, 0.2) is 11.6 Å². The molecule has 3 aromatic rings. The zero-order valence-corrected chi connectivity index (χ0v) is 20.3. The van der Waals surface area contributed by atoms with Crippen molar-refractivity contribution < 1.29 is 4.74 Å². The maximum Gasteiger partial charge on any atom is 0.191 e. The number of aromatic nitrogens is 3. The molecule has 3 heterocycles. The van der Waals surface area contributed by atoms with Crippen molar-refractivity contribution in [2.24, 2.45) is 4.99 Å². The Morgan fingerprint density at radius 2 is 2.03 bits per heavy atom. The standard InChI is InChI=1S/C22H29N7O.HI/c1-23-22(24-13-12-21-27-26-20-11-5-6-15-29(20)21)25-17-8-7-14-28(16-17)18-9-3-4-10-19(18)30-2;/h3-6,9-11,15,17H,7-8,12-14,16H2,1-2H3,(H2,23,24,25);1H. The van der Waals surface area contributed by atoms with E-state index in [2.05, 4.69) is 42.9 Å². The van der Waals surface area contributed by atoms with Crippen molar-refractivity contribution in [2.75, 3.05) is 38.7 Å². The minimum Gasteiger partial charge on any atom is -0.495 e. The minimum absolute atomic E-state index is 0. The number of anilines is 1. The summed E-state index contributed by atoms with van der Waals surface area (Å²) >= 11 is 0. The monoisotopic (exact) mass is 535 g/mol. The summed E-state index contributed by atoms with van der Waals surface area (Å²) in [6.07, 6.45) is 5.00. The van der Waals surface area contributed by atoms with E-state index in [4.69, 9.17) is 4.74 Å².